The minimum absolute atomic E-state index is 0.372. The Morgan fingerprint density at radius 2 is 1.95 bits per heavy atom. The molecule has 2 aromatic carbocycles. The van der Waals surface area contributed by atoms with Crippen molar-refractivity contribution in [3.8, 4) is 5.75 Å². The van der Waals surface area contributed by atoms with Crippen LogP contribution in [0.2, 0.25) is 0 Å². The average molecular weight is 266 g/mol. The third kappa shape index (κ3) is 1.62. The number of fused-ring (bicyclic) bond motifs is 2. The molecule has 0 aromatic heterocycles. The van der Waals surface area contributed by atoms with Gasteiger partial charge in [-0.2, -0.15) is 0 Å². The van der Waals surface area contributed by atoms with Crippen molar-refractivity contribution in [2.75, 3.05) is 0 Å². The molecule has 0 aliphatic heterocycles. The monoisotopic (exact) mass is 266 g/mol. The molecule has 0 bridgehead atoms. The lowest BCUT2D eigenvalue weighted by atomic mass is 9.81. The van der Waals surface area contributed by atoms with Gasteiger partial charge in [0.25, 0.3) is 0 Å². The van der Waals surface area contributed by atoms with Crippen molar-refractivity contribution in [1.82, 2.24) is 0 Å². The van der Waals surface area contributed by atoms with E-state index in [9.17, 15) is 5.11 Å². The average Bonchev–Trinajstić information content (AvgIpc) is 2.84. The minimum Gasteiger partial charge on any atom is -0.508 e. The first-order chi connectivity index (χ1) is 9.65. The van der Waals surface area contributed by atoms with Gasteiger partial charge in [0.2, 0.25) is 0 Å². The van der Waals surface area contributed by atoms with E-state index in [1.165, 1.54) is 48.4 Å². The van der Waals surface area contributed by atoms with Gasteiger partial charge in [0.1, 0.15) is 5.75 Å². The van der Waals surface area contributed by atoms with E-state index in [-0.39, 0.29) is 0 Å². The molecule has 1 atom stereocenters. The Morgan fingerprint density at radius 1 is 1.10 bits per heavy atom. The molecule has 0 saturated heterocycles. The predicted octanol–water partition coefficient (Wildman–Crippen LogP) is 5.03. The molecule has 4 rings (SSSR count). The second-order valence-electron chi connectivity index (χ2n) is 6.84. The van der Waals surface area contributed by atoms with E-state index in [1.54, 1.807) is 11.1 Å². The fraction of sp³-hybridized carbons (Fsp3) is 0.474. The molecule has 0 radical (unpaired) electrons. The summed E-state index contributed by atoms with van der Waals surface area (Å²) in [5, 5.41) is 13.0. The second-order valence-corrected chi connectivity index (χ2v) is 6.84. The van der Waals surface area contributed by atoms with Crippen molar-refractivity contribution in [2.45, 2.75) is 57.8 Å². The summed E-state index contributed by atoms with van der Waals surface area (Å²) >= 11 is 0. The van der Waals surface area contributed by atoms with Crippen molar-refractivity contribution in [3.63, 3.8) is 0 Å². The van der Waals surface area contributed by atoms with Gasteiger partial charge in [-0.25, -0.2) is 0 Å². The number of hydrogen-bond acceptors (Lipinski definition) is 1. The standard InChI is InChI=1S/C19H22O/c1-11(2)16-9-14-8-13-7-6-12-4-3-5-15(19(12)13)17(14)10-18(16)20/h8-12,20H,3-7H2,1-2H3/t12-/m1/s1. The highest BCUT2D eigenvalue weighted by molar-refractivity contribution is 5.90. The van der Waals surface area contributed by atoms with Gasteiger partial charge in [-0.05, 0) is 89.1 Å². The molecule has 0 fully saturated rings. The zero-order chi connectivity index (χ0) is 13.9. The van der Waals surface area contributed by atoms with Crippen molar-refractivity contribution in [1.29, 1.82) is 0 Å². The van der Waals surface area contributed by atoms with E-state index in [2.05, 4.69) is 26.0 Å². The smallest absolute Gasteiger partial charge is 0.119 e. The maximum Gasteiger partial charge on any atom is 0.119 e. The van der Waals surface area contributed by atoms with Crippen molar-refractivity contribution >= 4 is 10.8 Å². The molecule has 0 unspecified atom stereocenters. The first-order valence-electron chi connectivity index (χ1n) is 7.96. The summed E-state index contributed by atoms with van der Waals surface area (Å²) in [5.41, 5.74) is 5.84. The van der Waals surface area contributed by atoms with E-state index in [4.69, 9.17) is 0 Å². The molecule has 20 heavy (non-hydrogen) atoms. The fourth-order valence-electron chi connectivity index (χ4n) is 4.34. The lowest BCUT2D eigenvalue weighted by molar-refractivity contribution is 0.465. The zero-order valence-electron chi connectivity index (χ0n) is 12.4. The van der Waals surface area contributed by atoms with E-state index < -0.39 is 0 Å². The highest BCUT2D eigenvalue weighted by Gasteiger charge is 2.29. The predicted molar refractivity (Wildman–Crippen MR) is 83.7 cm³/mol. The van der Waals surface area contributed by atoms with Gasteiger partial charge in [-0.1, -0.05) is 19.9 Å². The molecule has 2 aromatic rings. The molecule has 104 valence electrons. The summed E-state index contributed by atoms with van der Waals surface area (Å²) in [6, 6.07) is 6.64. The molecule has 0 heterocycles. The molecule has 1 nitrogen and oxygen atoms in total. The van der Waals surface area contributed by atoms with Crippen LogP contribution >= 0.6 is 0 Å². The highest BCUT2D eigenvalue weighted by atomic mass is 16.3. The van der Waals surface area contributed by atoms with E-state index in [0.29, 0.717) is 11.7 Å². The Labute approximate surface area is 120 Å². The van der Waals surface area contributed by atoms with E-state index in [0.717, 1.165) is 11.5 Å². The third-order valence-corrected chi connectivity index (χ3v) is 5.30. The Bertz CT molecular complexity index is 697. The minimum atomic E-state index is 0.372. The quantitative estimate of drug-likeness (QED) is 0.767. The molecule has 1 N–H and O–H groups in total. The maximum atomic E-state index is 10.3. The lowest BCUT2D eigenvalue weighted by Crippen LogP contribution is -2.07. The number of phenols is 1. The molecular weight excluding hydrogens is 244 g/mol. The molecular formula is C19H22O. The van der Waals surface area contributed by atoms with Gasteiger partial charge < -0.3 is 5.11 Å². The van der Waals surface area contributed by atoms with Crippen molar-refractivity contribution in [2.24, 2.45) is 0 Å². The van der Waals surface area contributed by atoms with Crippen LogP contribution in [-0.4, -0.2) is 5.11 Å². The lowest BCUT2D eigenvalue weighted by Gasteiger charge is -2.24. The number of phenolic OH excluding ortho intramolecular Hbond substituents is 1. The van der Waals surface area contributed by atoms with Gasteiger partial charge in [-0.3, -0.25) is 0 Å². The van der Waals surface area contributed by atoms with Gasteiger partial charge in [-0.15, -0.1) is 0 Å². The first-order valence-corrected chi connectivity index (χ1v) is 7.96. The molecule has 1 heteroatoms. The first kappa shape index (κ1) is 12.3. The summed E-state index contributed by atoms with van der Waals surface area (Å²) in [5.74, 6) is 1.64. The second kappa shape index (κ2) is 4.25. The van der Waals surface area contributed by atoms with Gasteiger partial charge in [0, 0.05) is 0 Å². The largest absolute Gasteiger partial charge is 0.508 e. The summed E-state index contributed by atoms with van der Waals surface area (Å²) in [6.45, 7) is 4.29. The van der Waals surface area contributed by atoms with Gasteiger partial charge in [0.05, 0.1) is 0 Å². The molecule has 0 spiro atoms. The van der Waals surface area contributed by atoms with Crippen LogP contribution in [0.1, 0.15) is 67.2 Å². The van der Waals surface area contributed by atoms with Gasteiger partial charge >= 0.3 is 0 Å². The van der Waals surface area contributed by atoms with Gasteiger partial charge in [0.15, 0.2) is 0 Å². The number of hydrogen-bond donors (Lipinski definition) is 1. The van der Waals surface area contributed by atoms with Crippen LogP contribution < -0.4 is 0 Å². The van der Waals surface area contributed by atoms with Crippen LogP contribution in [0.25, 0.3) is 10.8 Å². The zero-order valence-corrected chi connectivity index (χ0v) is 12.4. The molecule has 2 aliphatic carbocycles. The topological polar surface area (TPSA) is 20.2 Å². The Kier molecular flexibility index (Phi) is 2.60. The van der Waals surface area contributed by atoms with Crippen LogP contribution in [-0.2, 0) is 12.8 Å². The number of rotatable bonds is 1. The number of benzene rings is 2. The highest BCUT2D eigenvalue weighted by Crippen LogP contribution is 2.46. The Balaban J connectivity index is 2.04. The SMILES string of the molecule is CC(C)c1cc2cc3c4c(c2cc1O)CCC[C@@H]4CC3. The maximum absolute atomic E-state index is 10.3. The normalized spacial score (nSPS) is 20.6. The summed E-state index contributed by atoms with van der Waals surface area (Å²) < 4.78 is 0. The fourth-order valence-corrected chi connectivity index (χ4v) is 4.34. The number of aryl methyl sites for hydroxylation is 2. The van der Waals surface area contributed by atoms with E-state index >= 15 is 0 Å². The summed E-state index contributed by atoms with van der Waals surface area (Å²) in [7, 11) is 0. The van der Waals surface area contributed by atoms with E-state index in [1.807, 2.05) is 6.07 Å². The Morgan fingerprint density at radius 3 is 2.75 bits per heavy atom. The van der Waals surface area contributed by atoms with Crippen LogP contribution in [0.3, 0.4) is 0 Å². The summed E-state index contributed by atoms with van der Waals surface area (Å²) in [6.07, 6.45) is 6.45. The molecule has 0 amide bonds. The van der Waals surface area contributed by atoms with Crippen LogP contribution in [0, 0.1) is 0 Å². The third-order valence-electron chi connectivity index (χ3n) is 5.30. The number of aromatic hydroxyl groups is 1. The summed E-state index contributed by atoms with van der Waals surface area (Å²) in [4.78, 5) is 0. The van der Waals surface area contributed by atoms with Crippen LogP contribution in [0.4, 0.5) is 0 Å². The Hall–Kier alpha value is -1.50. The molecule has 2 aliphatic rings. The van der Waals surface area contributed by atoms with Crippen molar-refractivity contribution in [3.05, 3.63) is 40.5 Å². The van der Waals surface area contributed by atoms with Crippen molar-refractivity contribution < 1.29 is 5.11 Å². The molecule has 0 saturated carbocycles. The van der Waals surface area contributed by atoms with Crippen LogP contribution in [0.5, 0.6) is 5.75 Å². The van der Waals surface area contributed by atoms with Crippen LogP contribution in [0.15, 0.2) is 18.2 Å².